The molecule has 1 aliphatic heterocycles. The molecule has 0 radical (unpaired) electrons. The first-order valence-corrected chi connectivity index (χ1v) is 15.2. The molecule has 0 atom stereocenters. The molecule has 1 saturated carbocycles. The Bertz CT molecular complexity index is 362. The lowest BCUT2D eigenvalue weighted by Crippen LogP contribution is -2.01. The third-order valence-corrected chi connectivity index (χ3v) is 7.99. The maximum absolute atomic E-state index is 6.01. The molecule has 188 valence electrons. The molecule has 2 fully saturated rings. The van der Waals surface area contributed by atoms with Crippen LogP contribution in [0.2, 0.25) is 0 Å². The van der Waals surface area contributed by atoms with E-state index in [0.717, 1.165) is 13.2 Å². The van der Waals surface area contributed by atoms with Crippen molar-refractivity contribution in [3.05, 3.63) is 11.1 Å². The van der Waals surface area contributed by atoms with Gasteiger partial charge in [-0.15, -0.1) is 0 Å². The largest absolute Gasteiger partial charge is 0.381 e. The Labute approximate surface area is 202 Å². The van der Waals surface area contributed by atoms with Gasteiger partial charge in [-0.1, -0.05) is 127 Å². The summed E-state index contributed by atoms with van der Waals surface area (Å²) in [5.41, 5.74) is 3.75. The van der Waals surface area contributed by atoms with Gasteiger partial charge in [-0.05, 0) is 57.8 Å². The van der Waals surface area contributed by atoms with Gasteiger partial charge >= 0.3 is 0 Å². The third-order valence-electron chi connectivity index (χ3n) is 7.99. The fraction of sp³-hybridized carbons (Fsp3) is 0.935. The van der Waals surface area contributed by atoms with Gasteiger partial charge in [0.05, 0.1) is 0 Å². The lowest BCUT2D eigenvalue weighted by Gasteiger charge is -2.17. The summed E-state index contributed by atoms with van der Waals surface area (Å²) in [5, 5.41) is 0. The second kappa shape index (κ2) is 21.2. The molecule has 0 bridgehead atoms. The first-order chi connectivity index (χ1) is 16.0. The van der Waals surface area contributed by atoms with Crippen molar-refractivity contribution in [2.24, 2.45) is 0 Å². The fourth-order valence-corrected chi connectivity index (χ4v) is 5.85. The van der Waals surface area contributed by atoms with Crippen LogP contribution < -0.4 is 0 Å². The summed E-state index contributed by atoms with van der Waals surface area (Å²) >= 11 is 0. The topological polar surface area (TPSA) is 9.23 Å². The smallest absolute Gasteiger partial charge is 0.0469 e. The monoisotopic (exact) mass is 446 g/mol. The fourth-order valence-electron chi connectivity index (χ4n) is 5.85. The van der Waals surface area contributed by atoms with Crippen LogP contribution in [0, 0.1) is 0 Å². The Hall–Kier alpha value is -0.300. The maximum atomic E-state index is 6.01. The highest BCUT2D eigenvalue weighted by Gasteiger charge is 2.09. The summed E-state index contributed by atoms with van der Waals surface area (Å²) < 4.78 is 6.01. The SMILES string of the molecule is C1CCCCCCCC(=C2CCCCCCCCCCCOCCC2)CCCCCCC1. The van der Waals surface area contributed by atoms with Crippen molar-refractivity contribution in [3.63, 3.8) is 0 Å². The zero-order valence-electron chi connectivity index (χ0n) is 21.9. The number of hydrogen-bond donors (Lipinski definition) is 0. The molecule has 2 rings (SSSR count). The van der Waals surface area contributed by atoms with E-state index in [0.29, 0.717) is 0 Å². The highest BCUT2D eigenvalue weighted by molar-refractivity contribution is 5.15. The number of allylic oxidation sites excluding steroid dienone is 2. The Morgan fingerprint density at radius 3 is 0.875 bits per heavy atom. The minimum absolute atomic E-state index is 0.983. The molecule has 0 aromatic rings. The molecule has 32 heavy (non-hydrogen) atoms. The molecule has 0 aromatic carbocycles. The second-order valence-electron chi connectivity index (χ2n) is 11.0. The number of ether oxygens (including phenoxy) is 1. The van der Waals surface area contributed by atoms with Crippen molar-refractivity contribution in [3.8, 4) is 0 Å². The molecule has 2 aliphatic rings. The summed E-state index contributed by atoms with van der Waals surface area (Å²) in [6, 6.07) is 0. The van der Waals surface area contributed by atoms with Crippen molar-refractivity contribution in [1.29, 1.82) is 0 Å². The average Bonchev–Trinajstić information content (AvgIpc) is 2.79. The molecule has 1 saturated heterocycles. The normalized spacial score (nSPS) is 24.8. The van der Waals surface area contributed by atoms with E-state index in [2.05, 4.69) is 0 Å². The molecule has 0 unspecified atom stereocenters. The lowest BCUT2D eigenvalue weighted by atomic mass is 9.90. The minimum Gasteiger partial charge on any atom is -0.381 e. The standard InChI is InChI=1S/C31H58O/c1-2-4-7-11-15-19-24-30(25-20-16-12-8-5-3-1)31-26-21-17-13-9-6-10-14-18-22-28-32-29-23-27-31/h1-29H2. The van der Waals surface area contributed by atoms with Crippen molar-refractivity contribution in [2.45, 2.75) is 173 Å². The molecule has 0 spiro atoms. The van der Waals surface area contributed by atoms with Gasteiger partial charge in [0.25, 0.3) is 0 Å². The third kappa shape index (κ3) is 15.5. The molecular formula is C31H58O. The van der Waals surface area contributed by atoms with Gasteiger partial charge in [0.15, 0.2) is 0 Å². The number of hydrogen-bond acceptors (Lipinski definition) is 1. The summed E-state index contributed by atoms with van der Waals surface area (Å²) in [7, 11) is 0. The van der Waals surface area contributed by atoms with Gasteiger partial charge in [0.2, 0.25) is 0 Å². The van der Waals surface area contributed by atoms with Gasteiger partial charge in [-0.3, -0.25) is 0 Å². The van der Waals surface area contributed by atoms with Gasteiger partial charge in [-0.25, -0.2) is 0 Å². The van der Waals surface area contributed by atoms with Crippen LogP contribution in [-0.2, 0) is 4.74 Å². The van der Waals surface area contributed by atoms with Gasteiger partial charge < -0.3 is 4.74 Å². The van der Waals surface area contributed by atoms with Crippen LogP contribution in [0.25, 0.3) is 0 Å². The van der Waals surface area contributed by atoms with E-state index < -0.39 is 0 Å². The summed E-state index contributed by atoms with van der Waals surface area (Å²) in [6.45, 7) is 1.97. The highest BCUT2D eigenvalue weighted by Crippen LogP contribution is 2.28. The molecule has 0 N–H and O–H groups in total. The Kier molecular flexibility index (Phi) is 18.6. The van der Waals surface area contributed by atoms with Crippen LogP contribution in [0.4, 0.5) is 0 Å². The highest BCUT2D eigenvalue weighted by atomic mass is 16.5. The van der Waals surface area contributed by atoms with Crippen molar-refractivity contribution < 1.29 is 4.74 Å². The Morgan fingerprint density at radius 2 is 0.500 bits per heavy atom. The van der Waals surface area contributed by atoms with Crippen molar-refractivity contribution in [2.75, 3.05) is 13.2 Å². The number of rotatable bonds is 0. The Morgan fingerprint density at radius 1 is 0.250 bits per heavy atom. The van der Waals surface area contributed by atoms with Crippen molar-refractivity contribution in [1.82, 2.24) is 0 Å². The molecule has 0 amide bonds. The summed E-state index contributed by atoms with van der Waals surface area (Å²) in [4.78, 5) is 0. The molecule has 1 heterocycles. The molecular weight excluding hydrogens is 388 g/mol. The van der Waals surface area contributed by atoms with Gasteiger partial charge in [0, 0.05) is 13.2 Å². The molecule has 1 nitrogen and oxygen atoms in total. The zero-order valence-corrected chi connectivity index (χ0v) is 21.9. The lowest BCUT2D eigenvalue weighted by molar-refractivity contribution is 0.127. The maximum Gasteiger partial charge on any atom is 0.0469 e. The Balaban J connectivity index is 1.91. The van der Waals surface area contributed by atoms with E-state index in [-0.39, 0.29) is 0 Å². The van der Waals surface area contributed by atoms with Crippen LogP contribution in [0.5, 0.6) is 0 Å². The van der Waals surface area contributed by atoms with E-state index in [1.54, 1.807) is 0 Å². The van der Waals surface area contributed by atoms with E-state index in [9.17, 15) is 0 Å². The molecule has 1 aliphatic carbocycles. The van der Waals surface area contributed by atoms with E-state index in [1.807, 2.05) is 11.1 Å². The van der Waals surface area contributed by atoms with Crippen LogP contribution >= 0.6 is 0 Å². The van der Waals surface area contributed by atoms with Gasteiger partial charge in [-0.2, -0.15) is 0 Å². The summed E-state index contributed by atoms with van der Waals surface area (Å²) in [5.74, 6) is 0. The van der Waals surface area contributed by atoms with Crippen LogP contribution in [0.15, 0.2) is 11.1 Å². The average molecular weight is 447 g/mol. The second-order valence-corrected chi connectivity index (χ2v) is 11.0. The zero-order chi connectivity index (χ0) is 22.4. The predicted molar refractivity (Wildman–Crippen MR) is 143 cm³/mol. The molecule has 1 heteroatoms. The van der Waals surface area contributed by atoms with E-state index in [4.69, 9.17) is 4.74 Å². The first kappa shape index (κ1) is 27.9. The first-order valence-electron chi connectivity index (χ1n) is 15.2. The van der Waals surface area contributed by atoms with Crippen LogP contribution in [-0.4, -0.2) is 13.2 Å². The quantitative estimate of drug-likeness (QED) is 0.336. The van der Waals surface area contributed by atoms with E-state index in [1.165, 1.54) is 173 Å². The predicted octanol–water partition coefficient (Wildman–Crippen LogP) is 10.9. The van der Waals surface area contributed by atoms with E-state index >= 15 is 0 Å². The van der Waals surface area contributed by atoms with Crippen LogP contribution in [0.1, 0.15) is 173 Å². The summed E-state index contributed by atoms with van der Waals surface area (Å²) in [6.07, 6.45) is 38.6. The van der Waals surface area contributed by atoms with Crippen molar-refractivity contribution >= 4 is 0 Å². The van der Waals surface area contributed by atoms with Crippen LogP contribution in [0.3, 0.4) is 0 Å². The molecule has 0 aromatic heterocycles. The minimum atomic E-state index is 0.983. The van der Waals surface area contributed by atoms with Gasteiger partial charge in [0.1, 0.15) is 0 Å².